The molecule has 1 heterocycles. The second-order valence-corrected chi connectivity index (χ2v) is 10.0. The zero-order valence-corrected chi connectivity index (χ0v) is 18.4. The molecule has 0 aliphatic carbocycles. The van der Waals surface area contributed by atoms with E-state index in [1.165, 1.54) is 28.2 Å². The van der Waals surface area contributed by atoms with Crippen LogP contribution in [0, 0.1) is 11.3 Å². The number of thioether (sulfide) groups is 1. The molecule has 1 amide bonds. The van der Waals surface area contributed by atoms with Crippen molar-refractivity contribution in [3.8, 4) is 6.07 Å². The lowest BCUT2D eigenvalue weighted by Crippen LogP contribution is -2.51. The summed E-state index contributed by atoms with van der Waals surface area (Å²) < 4.78 is 27.0. The Kier molecular flexibility index (Phi) is 7.09. The number of rotatable bonds is 5. The fourth-order valence-electron chi connectivity index (χ4n) is 2.92. The minimum atomic E-state index is -3.78. The standard InChI is InChI=1S/C19H17Cl2N3O3S2/c20-15-5-6-16(21)17(11-15)28-13-19(25)23-7-9-24(10-8-23)29(26,27)18-4-2-1-3-14(18)12-22/h1-6,11H,7-10,13H2. The average molecular weight is 470 g/mol. The Bertz CT molecular complexity index is 1060. The third kappa shape index (κ3) is 5.05. The lowest BCUT2D eigenvalue weighted by Gasteiger charge is -2.34. The van der Waals surface area contributed by atoms with Gasteiger partial charge in [0.1, 0.15) is 6.07 Å². The number of carbonyl (C=O) groups excluding carboxylic acids is 1. The van der Waals surface area contributed by atoms with Crippen molar-refractivity contribution in [1.82, 2.24) is 9.21 Å². The van der Waals surface area contributed by atoms with Gasteiger partial charge in [-0.15, -0.1) is 11.8 Å². The molecule has 2 aromatic carbocycles. The molecule has 0 atom stereocenters. The molecule has 0 radical (unpaired) electrons. The Labute approximate surface area is 184 Å². The summed E-state index contributed by atoms with van der Waals surface area (Å²) in [5, 5.41) is 10.2. The van der Waals surface area contributed by atoms with E-state index >= 15 is 0 Å². The van der Waals surface area contributed by atoms with Crippen molar-refractivity contribution in [3.63, 3.8) is 0 Å². The Hall–Kier alpha value is -1.76. The molecule has 6 nitrogen and oxygen atoms in total. The largest absolute Gasteiger partial charge is 0.339 e. The van der Waals surface area contributed by atoms with Crippen LogP contribution in [-0.4, -0.2) is 55.5 Å². The van der Waals surface area contributed by atoms with Crippen LogP contribution in [0.15, 0.2) is 52.3 Å². The molecule has 152 valence electrons. The first-order valence-corrected chi connectivity index (χ1v) is 11.9. The van der Waals surface area contributed by atoms with Gasteiger partial charge in [-0.3, -0.25) is 4.79 Å². The van der Waals surface area contributed by atoms with Crippen molar-refractivity contribution in [2.24, 2.45) is 0 Å². The molecule has 1 fully saturated rings. The number of sulfonamides is 1. The summed E-state index contributed by atoms with van der Waals surface area (Å²) in [6.45, 7) is 0.931. The van der Waals surface area contributed by atoms with Gasteiger partial charge >= 0.3 is 0 Å². The quantitative estimate of drug-likeness (QED) is 0.625. The normalized spacial score (nSPS) is 15.1. The number of hydrogen-bond donors (Lipinski definition) is 0. The van der Waals surface area contributed by atoms with Crippen molar-refractivity contribution in [3.05, 3.63) is 58.1 Å². The van der Waals surface area contributed by atoms with Crippen LogP contribution in [0.4, 0.5) is 0 Å². The monoisotopic (exact) mass is 469 g/mol. The van der Waals surface area contributed by atoms with Gasteiger partial charge in [0, 0.05) is 36.1 Å². The van der Waals surface area contributed by atoms with E-state index < -0.39 is 10.0 Å². The highest BCUT2D eigenvalue weighted by atomic mass is 35.5. The van der Waals surface area contributed by atoms with Crippen LogP contribution in [0.3, 0.4) is 0 Å². The minimum absolute atomic E-state index is 0.00608. The first kappa shape index (κ1) is 21.9. The molecule has 10 heteroatoms. The summed E-state index contributed by atoms with van der Waals surface area (Å²) in [5.74, 6) is 0.0879. The number of nitriles is 1. The highest BCUT2D eigenvalue weighted by Gasteiger charge is 2.31. The predicted octanol–water partition coefficient (Wildman–Crippen LogP) is 3.49. The summed E-state index contributed by atoms with van der Waals surface area (Å²) in [7, 11) is -3.78. The van der Waals surface area contributed by atoms with Gasteiger partial charge in [-0.25, -0.2) is 8.42 Å². The van der Waals surface area contributed by atoms with Crippen LogP contribution >= 0.6 is 35.0 Å². The summed E-state index contributed by atoms with van der Waals surface area (Å²) in [6, 6.07) is 13.1. The maximum atomic E-state index is 12.9. The molecule has 1 aliphatic heterocycles. The van der Waals surface area contributed by atoms with Crippen molar-refractivity contribution in [1.29, 1.82) is 5.26 Å². The molecule has 0 N–H and O–H groups in total. The van der Waals surface area contributed by atoms with E-state index in [1.54, 1.807) is 35.2 Å². The van der Waals surface area contributed by atoms with Gasteiger partial charge in [0.25, 0.3) is 0 Å². The van der Waals surface area contributed by atoms with Crippen molar-refractivity contribution >= 4 is 50.9 Å². The molecule has 0 bridgehead atoms. The second-order valence-electron chi connectivity index (χ2n) is 6.26. The molecule has 0 saturated carbocycles. The summed E-state index contributed by atoms with van der Waals surface area (Å²) in [6.07, 6.45) is 0. The fourth-order valence-corrected chi connectivity index (χ4v) is 5.88. The van der Waals surface area contributed by atoms with Gasteiger partial charge in [0.05, 0.1) is 21.2 Å². The summed E-state index contributed by atoms with van der Waals surface area (Å²) in [4.78, 5) is 14.9. The number of carbonyl (C=O) groups is 1. The molecule has 3 rings (SSSR count). The van der Waals surface area contributed by atoms with Crippen LogP contribution < -0.4 is 0 Å². The van der Waals surface area contributed by atoms with E-state index in [2.05, 4.69) is 0 Å². The average Bonchev–Trinajstić information content (AvgIpc) is 2.74. The number of piperazine rings is 1. The Balaban J connectivity index is 1.60. The molecule has 0 aromatic heterocycles. The lowest BCUT2D eigenvalue weighted by atomic mass is 10.2. The topological polar surface area (TPSA) is 81.5 Å². The zero-order valence-electron chi connectivity index (χ0n) is 15.2. The Morgan fingerprint density at radius 2 is 1.79 bits per heavy atom. The van der Waals surface area contributed by atoms with E-state index in [4.69, 9.17) is 23.2 Å². The van der Waals surface area contributed by atoms with E-state index in [9.17, 15) is 18.5 Å². The van der Waals surface area contributed by atoms with Crippen LogP contribution in [0.1, 0.15) is 5.56 Å². The van der Waals surface area contributed by atoms with Crippen LogP contribution in [0.5, 0.6) is 0 Å². The fraction of sp³-hybridized carbons (Fsp3) is 0.263. The van der Waals surface area contributed by atoms with Crippen molar-refractivity contribution in [2.75, 3.05) is 31.9 Å². The maximum Gasteiger partial charge on any atom is 0.244 e. The molecule has 1 aliphatic rings. The molecule has 29 heavy (non-hydrogen) atoms. The smallest absolute Gasteiger partial charge is 0.244 e. The predicted molar refractivity (Wildman–Crippen MR) is 114 cm³/mol. The first-order chi connectivity index (χ1) is 13.8. The van der Waals surface area contributed by atoms with E-state index in [0.29, 0.717) is 10.0 Å². The SMILES string of the molecule is N#Cc1ccccc1S(=O)(=O)N1CCN(C(=O)CSc2cc(Cl)ccc2Cl)CC1. The van der Waals surface area contributed by atoms with Crippen molar-refractivity contribution in [2.45, 2.75) is 9.79 Å². The number of amides is 1. The highest BCUT2D eigenvalue weighted by molar-refractivity contribution is 8.00. The van der Waals surface area contributed by atoms with Gasteiger partial charge < -0.3 is 4.90 Å². The third-order valence-electron chi connectivity index (χ3n) is 4.46. The van der Waals surface area contributed by atoms with Crippen LogP contribution in [0.25, 0.3) is 0 Å². The van der Waals surface area contributed by atoms with Gasteiger partial charge in [0.15, 0.2) is 0 Å². The van der Waals surface area contributed by atoms with E-state index in [1.807, 2.05) is 6.07 Å². The summed E-state index contributed by atoms with van der Waals surface area (Å²) in [5.41, 5.74) is 0.112. The highest BCUT2D eigenvalue weighted by Crippen LogP contribution is 2.30. The van der Waals surface area contributed by atoms with E-state index in [-0.39, 0.29) is 48.3 Å². The van der Waals surface area contributed by atoms with Gasteiger partial charge in [-0.05, 0) is 30.3 Å². The molecular weight excluding hydrogens is 453 g/mol. The van der Waals surface area contributed by atoms with Gasteiger partial charge in [-0.2, -0.15) is 9.57 Å². The number of halogens is 2. The van der Waals surface area contributed by atoms with Crippen LogP contribution in [-0.2, 0) is 14.8 Å². The molecule has 2 aromatic rings. The van der Waals surface area contributed by atoms with Crippen LogP contribution in [0.2, 0.25) is 10.0 Å². The lowest BCUT2D eigenvalue weighted by molar-refractivity contribution is -0.129. The zero-order chi connectivity index (χ0) is 21.0. The third-order valence-corrected chi connectivity index (χ3v) is 8.13. The first-order valence-electron chi connectivity index (χ1n) is 8.68. The minimum Gasteiger partial charge on any atom is -0.339 e. The molecule has 0 unspecified atom stereocenters. The molecule has 0 spiro atoms. The Morgan fingerprint density at radius 1 is 1.10 bits per heavy atom. The van der Waals surface area contributed by atoms with Gasteiger partial charge in [0.2, 0.25) is 15.9 Å². The number of benzene rings is 2. The van der Waals surface area contributed by atoms with E-state index in [0.717, 1.165) is 4.90 Å². The summed E-state index contributed by atoms with van der Waals surface area (Å²) >= 11 is 13.4. The maximum absolute atomic E-state index is 12.9. The van der Waals surface area contributed by atoms with Crippen molar-refractivity contribution < 1.29 is 13.2 Å². The molecule has 1 saturated heterocycles. The number of hydrogen-bond acceptors (Lipinski definition) is 5. The second kappa shape index (κ2) is 9.37. The Morgan fingerprint density at radius 3 is 2.48 bits per heavy atom. The van der Waals surface area contributed by atoms with Gasteiger partial charge in [-0.1, -0.05) is 35.3 Å². The number of nitrogens with zero attached hydrogens (tertiary/aromatic N) is 3. The molecular formula is C19H17Cl2N3O3S2.